The van der Waals surface area contributed by atoms with Gasteiger partial charge in [-0.3, -0.25) is 14.2 Å². The number of fused-ring (bicyclic) bond motifs is 1. The van der Waals surface area contributed by atoms with Gasteiger partial charge in [0.2, 0.25) is 5.91 Å². The number of halogens is 3. The Kier molecular flexibility index (Phi) is 6.09. The van der Waals surface area contributed by atoms with Gasteiger partial charge in [-0.1, -0.05) is 18.2 Å². The lowest BCUT2D eigenvalue weighted by molar-refractivity contribution is -0.129. The lowest BCUT2D eigenvalue weighted by Crippen LogP contribution is -2.46. The Morgan fingerprint density at radius 1 is 1.24 bits per heavy atom. The number of nitrogens with one attached hydrogen (secondary N) is 2. The van der Waals surface area contributed by atoms with Crippen molar-refractivity contribution in [3.8, 4) is 0 Å². The number of pyridine rings is 1. The molecule has 3 aliphatic rings. The van der Waals surface area contributed by atoms with Crippen molar-refractivity contribution in [3.63, 3.8) is 0 Å². The molecule has 198 valence electrons. The topological polar surface area (TPSA) is 88.0 Å². The largest absolute Gasteiger partial charge is 0.371 e. The van der Waals surface area contributed by atoms with Gasteiger partial charge >= 0.3 is 0 Å². The van der Waals surface area contributed by atoms with Crippen molar-refractivity contribution in [2.75, 3.05) is 32.2 Å². The molecule has 1 saturated carbocycles. The van der Waals surface area contributed by atoms with Gasteiger partial charge in [-0.2, -0.15) is 0 Å². The summed E-state index contributed by atoms with van der Waals surface area (Å²) in [5, 5.41) is 6.28. The molecular formula is C26H30F3N5O3. The second kappa shape index (κ2) is 8.90. The fraction of sp³-hybridized carbons (Fsp3) is 0.500. The quantitative estimate of drug-likeness (QED) is 0.635. The zero-order valence-electron chi connectivity index (χ0n) is 21.2. The Bertz CT molecular complexity index is 1350. The van der Waals surface area contributed by atoms with Gasteiger partial charge in [0.05, 0.1) is 29.3 Å². The molecule has 1 aromatic carbocycles. The molecule has 1 saturated heterocycles. The van der Waals surface area contributed by atoms with E-state index in [1.165, 1.54) is 23.6 Å². The molecule has 1 amide bonds. The molecule has 1 aromatic heterocycles. The van der Waals surface area contributed by atoms with E-state index in [4.69, 9.17) is 4.74 Å². The number of hydrogen-bond acceptors (Lipinski definition) is 6. The molecule has 2 N–H and O–H groups in total. The first-order valence-electron chi connectivity index (χ1n) is 12.2. The van der Waals surface area contributed by atoms with E-state index >= 15 is 0 Å². The van der Waals surface area contributed by atoms with Gasteiger partial charge in [0.15, 0.2) is 0 Å². The molecular weight excluding hydrogens is 487 g/mol. The van der Waals surface area contributed by atoms with Gasteiger partial charge in [0, 0.05) is 38.6 Å². The van der Waals surface area contributed by atoms with Crippen molar-refractivity contribution in [2.24, 2.45) is 17.5 Å². The standard InChI is InChI=1S/C26H30F3N5O3/c1-14(16-6-5-7-17(20(16)27)21(28)29)32-22-18-10-19(24(36)33(3)23(18)31-13-30-22)26(37-4)12-34(15(2)35)11-25(26)8-9-25/h5-7,10,14,21,31H,8-9,11-13H2,1-4H3,(H,30,32)/t14-,26?/m1/s1. The van der Waals surface area contributed by atoms with Crippen molar-refractivity contribution >= 4 is 17.6 Å². The van der Waals surface area contributed by atoms with Crippen LogP contribution in [0.15, 0.2) is 34.1 Å². The summed E-state index contributed by atoms with van der Waals surface area (Å²) in [6, 6.07) is 4.98. The van der Waals surface area contributed by atoms with Crippen molar-refractivity contribution in [1.82, 2.24) is 14.8 Å². The van der Waals surface area contributed by atoms with Crippen LogP contribution in [0.25, 0.3) is 0 Å². The van der Waals surface area contributed by atoms with E-state index in [1.54, 1.807) is 32.0 Å². The van der Waals surface area contributed by atoms with E-state index in [2.05, 4.69) is 15.6 Å². The summed E-state index contributed by atoms with van der Waals surface area (Å²) in [6.45, 7) is 4.13. The highest BCUT2D eigenvalue weighted by molar-refractivity contribution is 6.04. The number of nitrogens with zero attached hydrogens (tertiary/aromatic N) is 3. The van der Waals surface area contributed by atoms with Gasteiger partial charge in [-0.25, -0.2) is 18.2 Å². The molecule has 1 unspecified atom stereocenters. The summed E-state index contributed by atoms with van der Waals surface area (Å²) in [4.78, 5) is 32.1. The van der Waals surface area contributed by atoms with Crippen LogP contribution in [-0.4, -0.2) is 48.1 Å². The Morgan fingerprint density at radius 3 is 2.57 bits per heavy atom. The van der Waals surface area contributed by atoms with Crippen LogP contribution in [0.3, 0.4) is 0 Å². The average molecular weight is 518 g/mol. The normalized spacial score (nSPS) is 22.5. The average Bonchev–Trinajstić information content (AvgIpc) is 3.56. The molecule has 2 aliphatic heterocycles. The molecule has 2 atom stereocenters. The second-order valence-electron chi connectivity index (χ2n) is 10.1. The summed E-state index contributed by atoms with van der Waals surface area (Å²) < 4.78 is 48.9. The third-order valence-electron chi connectivity index (χ3n) is 8.11. The number of carbonyl (C=O) groups excluding carboxylic acids is 1. The first-order chi connectivity index (χ1) is 17.5. The van der Waals surface area contributed by atoms with E-state index in [-0.39, 0.29) is 35.7 Å². The van der Waals surface area contributed by atoms with Crippen LogP contribution >= 0.6 is 0 Å². The molecule has 2 aromatic rings. The van der Waals surface area contributed by atoms with Crippen LogP contribution in [0.5, 0.6) is 0 Å². The maximum absolute atomic E-state index is 14.8. The maximum atomic E-state index is 14.8. The first kappa shape index (κ1) is 25.3. The Morgan fingerprint density at radius 2 is 1.95 bits per heavy atom. The summed E-state index contributed by atoms with van der Waals surface area (Å²) in [5.74, 6) is -0.111. The molecule has 5 rings (SSSR count). The number of amidine groups is 1. The molecule has 1 spiro atoms. The minimum atomic E-state index is -2.93. The van der Waals surface area contributed by atoms with E-state index < -0.39 is 29.4 Å². The zero-order valence-corrected chi connectivity index (χ0v) is 21.2. The monoisotopic (exact) mass is 517 g/mol. The maximum Gasteiger partial charge on any atom is 0.266 e. The lowest BCUT2D eigenvalue weighted by Gasteiger charge is -2.35. The predicted octanol–water partition coefficient (Wildman–Crippen LogP) is 3.43. The van der Waals surface area contributed by atoms with Crippen molar-refractivity contribution in [3.05, 3.63) is 62.7 Å². The molecule has 2 fully saturated rings. The third kappa shape index (κ3) is 3.82. The third-order valence-corrected chi connectivity index (χ3v) is 8.11. The number of likely N-dealkylation sites (tertiary alicyclic amines) is 1. The van der Waals surface area contributed by atoms with E-state index in [9.17, 15) is 22.8 Å². The lowest BCUT2D eigenvalue weighted by atomic mass is 9.81. The smallest absolute Gasteiger partial charge is 0.266 e. The molecule has 0 bridgehead atoms. The highest BCUT2D eigenvalue weighted by atomic mass is 19.3. The zero-order chi connectivity index (χ0) is 26.7. The molecule has 37 heavy (non-hydrogen) atoms. The molecule has 0 radical (unpaired) electrons. The molecule has 8 nitrogen and oxygen atoms in total. The number of amides is 1. The Balaban J connectivity index is 1.56. The minimum absolute atomic E-state index is 0.0764. The first-order valence-corrected chi connectivity index (χ1v) is 12.2. The van der Waals surface area contributed by atoms with Gasteiger partial charge in [-0.05, 0) is 25.8 Å². The number of benzene rings is 1. The molecule has 11 heteroatoms. The minimum Gasteiger partial charge on any atom is -0.371 e. The summed E-state index contributed by atoms with van der Waals surface area (Å²) >= 11 is 0. The van der Waals surface area contributed by atoms with Crippen LogP contribution in [0.4, 0.5) is 19.0 Å². The van der Waals surface area contributed by atoms with Gasteiger partial charge < -0.3 is 20.3 Å². The van der Waals surface area contributed by atoms with Crippen LogP contribution in [0.2, 0.25) is 0 Å². The summed E-state index contributed by atoms with van der Waals surface area (Å²) in [5.41, 5.74) is -1.13. The van der Waals surface area contributed by atoms with E-state index in [0.717, 1.165) is 18.9 Å². The van der Waals surface area contributed by atoms with Crippen LogP contribution in [0.1, 0.15) is 61.4 Å². The molecule has 3 heterocycles. The van der Waals surface area contributed by atoms with Gasteiger partial charge in [-0.15, -0.1) is 0 Å². The Labute approximate surface area is 212 Å². The second-order valence-corrected chi connectivity index (χ2v) is 10.1. The van der Waals surface area contributed by atoms with Crippen molar-refractivity contribution in [1.29, 1.82) is 0 Å². The van der Waals surface area contributed by atoms with Crippen LogP contribution in [0, 0.1) is 11.2 Å². The number of carbonyl (C=O) groups is 1. The van der Waals surface area contributed by atoms with Gasteiger partial charge in [0.1, 0.15) is 29.7 Å². The fourth-order valence-corrected chi connectivity index (χ4v) is 5.86. The number of methoxy groups -OCH3 is 1. The van der Waals surface area contributed by atoms with Crippen molar-refractivity contribution in [2.45, 2.75) is 44.8 Å². The van der Waals surface area contributed by atoms with Gasteiger partial charge in [0.25, 0.3) is 12.0 Å². The molecule has 1 aliphatic carbocycles. The highest BCUT2D eigenvalue weighted by Crippen LogP contribution is 2.63. The number of aliphatic imine (C=N–C) groups is 1. The van der Waals surface area contributed by atoms with Crippen molar-refractivity contribution < 1.29 is 22.7 Å². The van der Waals surface area contributed by atoms with Crippen LogP contribution in [-0.2, 0) is 22.2 Å². The summed E-state index contributed by atoms with van der Waals surface area (Å²) in [6.07, 6.45) is -1.26. The number of hydrogen-bond donors (Lipinski definition) is 2. The van der Waals surface area contributed by atoms with E-state index in [1.807, 2.05) is 0 Å². The van der Waals surface area contributed by atoms with E-state index in [0.29, 0.717) is 29.3 Å². The summed E-state index contributed by atoms with van der Waals surface area (Å²) in [7, 11) is 3.21. The number of rotatable bonds is 5. The number of aromatic nitrogens is 1. The number of alkyl halides is 2. The number of anilines is 1. The fourth-order valence-electron chi connectivity index (χ4n) is 5.86. The highest BCUT2D eigenvalue weighted by Gasteiger charge is 2.67. The SMILES string of the molecule is COC1(c2cc3c(n(C)c2=O)NCN=C3N[C@H](C)c2cccc(C(F)F)c2F)CN(C(C)=O)CC12CC2. The van der Waals surface area contributed by atoms with Crippen LogP contribution < -0.4 is 16.2 Å². The number of ether oxygens (including phenoxy) is 1. The predicted molar refractivity (Wildman–Crippen MR) is 132 cm³/mol. The Hall–Kier alpha value is -3.34.